The Labute approximate surface area is 131 Å². The number of nitrogens with one attached hydrogen (secondary N) is 1. The van der Waals surface area contributed by atoms with Crippen LogP contribution in [-0.4, -0.2) is 46.3 Å². The molecule has 3 aliphatic heterocycles. The molecule has 1 unspecified atom stereocenters. The Morgan fingerprint density at radius 1 is 1.45 bits per heavy atom. The molecule has 5 rings (SSSR count). The molecule has 0 aliphatic carbocycles. The van der Waals surface area contributed by atoms with E-state index < -0.39 is 0 Å². The van der Waals surface area contributed by atoms with Crippen LogP contribution in [-0.2, 0) is 0 Å². The summed E-state index contributed by atoms with van der Waals surface area (Å²) in [4.78, 5) is 16.7. The maximum atomic E-state index is 12.5. The van der Waals surface area contributed by atoms with E-state index in [4.69, 9.17) is 0 Å². The molecule has 5 heterocycles. The lowest BCUT2D eigenvalue weighted by molar-refractivity contribution is -0.898. The Kier molecular flexibility index (Phi) is 3.11. The smallest absolute Gasteiger partial charge is 0.257 e. The molecule has 116 valence electrons. The first-order valence-electron chi connectivity index (χ1n) is 7.49. The Morgan fingerprint density at radius 2 is 2.23 bits per heavy atom. The molecule has 2 bridgehead atoms. The number of hydrogen-bond donors (Lipinski definition) is 2. The van der Waals surface area contributed by atoms with E-state index >= 15 is 0 Å². The second kappa shape index (κ2) is 4.91. The molecule has 0 aromatic carbocycles. The number of hydroxylamine groups is 3. The summed E-state index contributed by atoms with van der Waals surface area (Å²) in [6.07, 6.45) is 3.13. The van der Waals surface area contributed by atoms with Crippen LogP contribution in [0.1, 0.15) is 23.2 Å². The fourth-order valence-corrected chi connectivity index (χ4v) is 4.42. The third-order valence-electron chi connectivity index (χ3n) is 4.92. The number of hydrogen-bond acceptors (Lipinski definition) is 5. The van der Waals surface area contributed by atoms with Crippen molar-refractivity contribution in [2.24, 2.45) is 5.92 Å². The number of carbonyl (C=O) groups excluding carboxylic acids is 1. The summed E-state index contributed by atoms with van der Waals surface area (Å²) in [6.45, 7) is 1.75. The molecule has 0 spiro atoms. The van der Waals surface area contributed by atoms with E-state index in [9.17, 15) is 15.1 Å². The summed E-state index contributed by atoms with van der Waals surface area (Å²) in [5, 5.41) is 27.4. The van der Waals surface area contributed by atoms with Crippen LogP contribution in [0.3, 0.4) is 0 Å². The van der Waals surface area contributed by atoms with Gasteiger partial charge >= 0.3 is 0 Å². The largest absolute Gasteiger partial charge is 0.633 e. The van der Waals surface area contributed by atoms with Crippen LogP contribution < -0.4 is 5.32 Å². The van der Waals surface area contributed by atoms with E-state index in [0.717, 1.165) is 12.8 Å². The van der Waals surface area contributed by atoms with Crippen LogP contribution in [0.15, 0.2) is 17.6 Å². The zero-order valence-corrected chi connectivity index (χ0v) is 12.8. The van der Waals surface area contributed by atoms with Crippen molar-refractivity contribution in [2.75, 3.05) is 19.6 Å². The van der Waals surface area contributed by atoms with Crippen molar-refractivity contribution in [1.82, 2.24) is 10.3 Å². The maximum absolute atomic E-state index is 12.5. The van der Waals surface area contributed by atoms with Gasteiger partial charge in [0.05, 0.1) is 35.9 Å². The number of amides is 1. The highest BCUT2D eigenvalue weighted by atomic mass is 32.1. The normalized spacial score (nSPS) is 30.6. The van der Waals surface area contributed by atoms with E-state index in [-0.39, 0.29) is 27.9 Å². The lowest BCUT2D eigenvalue weighted by Gasteiger charge is -2.55. The van der Waals surface area contributed by atoms with Gasteiger partial charge in [0.15, 0.2) is 0 Å². The van der Waals surface area contributed by atoms with Crippen LogP contribution in [0.5, 0.6) is 5.75 Å². The van der Waals surface area contributed by atoms with E-state index in [1.807, 2.05) is 5.38 Å². The van der Waals surface area contributed by atoms with Crippen molar-refractivity contribution in [3.63, 3.8) is 0 Å². The molecule has 0 saturated carbocycles. The Morgan fingerprint density at radius 3 is 2.95 bits per heavy atom. The molecule has 6 nitrogen and oxygen atoms in total. The van der Waals surface area contributed by atoms with E-state index in [1.165, 1.54) is 17.5 Å². The highest BCUT2D eigenvalue weighted by Gasteiger charge is 2.42. The van der Waals surface area contributed by atoms with E-state index in [2.05, 4.69) is 10.3 Å². The van der Waals surface area contributed by atoms with Crippen LogP contribution in [0.2, 0.25) is 0 Å². The van der Waals surface area contributed by atoms with Crippen molar-refractivity contribution >= 4 is 27.5 Å². The Bertz CT molecular complexity index is 737. The number of thiophene rings is 1. The SMILES string of the molecule is O=C(NC1C[N+]2([O-])CCC1CC2)c1cnc2ccsc2c1O. The fourth-order valence-electron chi connectivity index (χ4n) is 3.63. The molecule has 22 heavy (non-hydrogen) atoms. The molecule has 1 amide bonds. The molecule has 3 fully saturated rings. The molecule has 7 heteroatoms. The number of piperidine rings is 3. The van der Waals surface area contributed by atoms with Gasteiger partial charge in [0.2, 0.25) is 0 Å². The zero-order chi connectivity index (χ0) is 15.3. The lowest BCUT2D eigenvalue weighted by atomic mass is 9.83. The average Bonchev–Trinajstić information content (AvgIpc) is 2.97. The standard InChI is InChI=1S/C15H17N3O3S/c19-13-10(7-16-11-3-6-22-14(11)13)15(20)17-12-8-18(21)4-1-9(12)2-5-18/h3,6-7,9,12H,1-2,4-5,8H2,(H,16,19)(H,17,20). The number of fused-ring (bicyclic) bond motifs is 4. The van der Waals surface area contributed by atoms with Gasteiger partial charge in [-0.3, -0.25) is 9.78 Å². The van der Waals surface area contributed by atoms with Gasteiger partial charge in [0, 0.05) is 19.0 Å². The minimum absolute atomic E-state index is 0.0233. The first-order chi connectivity index (χ1) is 10.6. The van der Waals surface area contributed by atoms with Crippen molar-refractivity contribution in [3.05, 3.63) is 28.4 Å². The van der Waals surface area contributed by atoms with Crippen molar-refractivity contribution in [2.45, 2.75) is 18.9 Å². The van der Waals surface area contributed by atoms with Gasteiger partial charge in [0.1, 0.15) is 11.3 Å². The topological polar surface area (TPSA) is 85.3 Å². The highest BCUT2D eigenvalue weighted by molar-refractivity contribution is 7.17. The highest BCUT2D eigenvalue weighted by Crippen LogP contribution is 2.34. The van der Waals surface area contributed by atoms with Gasteiger partial charge in [-0.05, 0) is 17.4 Å². The Hall–Kier alpha value is -1.70. The van der Waals surface area contributed by atoms with Crippen LogP contribution >= 0.6 is 11.3 Å². The minimum Gasteiger partial charge on any atom is -0.633 e. The van der Waals surface area contributed by atoms with Crippen LogP contribution in [0.4, 0.5) is 0 Å². The summed E-state index contributed by atoms with van der Waals surface area (Å²) in [5.41, 5.74) is 0.870. The monoisotopic (exact) mass is 319 g/mol. The van der Waals surface area contributed by atoms with Crippen molar-refractivity contribution < 1.29 is 14.5 Å². The number of quaternary nitrogens is 1. The molecular weight excluding hydrogens is 302 g/mol. The lowest BCUT2D eigenvalue weighted by Crippen LogP contribution is -2.64. The molecule has 3 saturated heterocycles. The molecule has 3 aliphatic rings. The summed E-state index contributed by atoms with van der Waals surface area (Å²) in [7, 11) is 0. The molecule has 2 aromatic heterocycles. The average molecular weight is 319 g/mol. The number of aromatic nitrogens is 1. The number of rotatable bonds is 2. The summed E-state index contributed by atoms with van der Waals surface area (Å²) >= 11 is 1.36. The van der Waals surface area contributed by atoms with E-state index in [1.54, 1.807) is 6.07 Å². The summed E-state index contributed by atoms with van der Waals surface area (Å²) in [5.74, 6) is 0.00826. The van der Waals surface area contributed by atoms with Gasteiger partial charge in [-0.25, -0.2) is 0 Å². The van der Waals surface area contributed by atoms with Crippen LogP contribution in [0.25, 0.3) is 10.2 Å². The molecule has 0 radical (unpaired) electrons. The van der Waals surface area contributed by atoms with E-state index in [0.29, 0.717) is 35.8 Å². The molecular formula is C15H17N3O3S. The number of carbonyl (C=O) groups is 1. The van der Waals surface area contributed by atoms with Gasteiger partial charge < -0.3 is 20.3 Å². The summed E-state index contributed by atoms with van der Waals surface area (Å²) in [6, 6.07) is 1.70. The number of nitrogens with zero attached hydrogens (tertiary/aromatic N) is 2. The van der Waals surface area contributed by atoms with Crippen molar-refractivity contribution in [3.8, 4) is 5.75 Å². The molecule has 2 N–H and O–H groups in total. The van der Waals surface area contributed by atoms with Crippen molar-refractivity contribution in [1.29, 1.82) is 0 Å². The predicted molar refractivity (Wildman–Crippen MR) is 83.5 cm³/mol. The molecule has 2 aromatic rings. The van der Waals surface area contributed by atoms with Gasteiger partial charge in [0.25, 0.3) is 5.91 Å². The maximum Gasteiger partial charge on any atom is 0.257 e. The minimum atomic E-state index is -0.342. The fraction of sp³-hybridized carbons (Fsp3) is 0.467. The quantitative estimate of drug-likeness (QED) is 0.653. The Balaban J connectivity index is 1.57. The second-order valence-electron chi connectivity index (χ2n) is 6.26. The summed E-state index contributed by atoms with van der Waals surface area (Å²) < 4.78 is 0.421. The van der Waals surface area contributed by atoms with Crippen LogP contribution in [0, 0.1) is 11.1 Å². The van der Waals surface area contributed by atoms with Gasteiger partial charge in [-0.2, -0.15) is 0 Å². The number of aromatic hydroxyl groups is 1. The number of pyridine rings is 1. The third kappa shape index (κ3) is 2.16. The predicted octanol–water partition coefficient (Wildman–Crippen LogP) is 1.84. The third-order valence-corrected chi connectivity index (χ3v) is 5.83. The first-order valence-corrected chi connectivity index (χ1v) is 8.37. The second-order valence-corrected chi connectivity index (χ2v) is 7.18. The molecule has 1 atom stereocenters. The van der Waals surface area contributed by atoms with Gasteiger partial charge in [-0.15, -0.1) is 11.3 Å². The zero-order valence-electron chi connectivity index (χ0n) is 12.0. The van der Waals surface area contributed by atoms with Gasteiger partial charge in [-0.1, -0.05) is 0 Å². The first kappa shape index (κ1) is 13.9.